The number of pyridine rings is 1. The predicted octanol–water partition coefficient (Wildman–Crippen LogP) is 3.73. The highest BCUT2D eigenvalue weighted by molar-refractivity contribution is 5.98. The summed E-state index contributed by atoms with van der Waals surface area (Å²) >= 11 is 0. The van der Waals surface area contributed by atoms with Crippen LogP contribution in [-0.4, -0.2) is 37.1 Å². The van der Waals surface area contributed by atoms with Crippen LogP contribution >= 0.6 is 0 Å². The molecule has 2 heterocycles. The van der Waals surface area contributed by atoms with Crippen LogP contribution in [-0.2, 0) is 6.42 Å². The molecule has 0 saturated heterocycles. The van der Waals surface area contributed by atoms with Crippen molar-refractivity contribution >= 4 is 22.5 Å². The number of rotatable bonds is 5. The van der Waals surface area contributed by atoms with Gasteiger partial charge in [0.05, 0.1) is 23.9 Å². The molecule has 28 heavy (non-hydrogen) atoms. The monoisotopic (exact) mass is 375 g/mol. The number of carbonyl (C=O) groups excluding carboxylic acids is 1. The molecule has 0 radical (unpaired) electrons. The molecule has 1 amide bonds. The van der Waals surface area contributed by atoms with Crippen LogP contribution in [0.2, 0.25) is 0 Å². The molecule has 0 unspecified atom stereocenters. The van der Waals surface area contributed by atoms with Gasteiger partial charge in [-0.15, -0.1) is 0 Å². The molecule has 5 heteroatoms. The van der Waals surface area contributed by atoms with E-state index in [1.54, 1.807) is 7.11 Å². The number of hydrogen-bond donors (Lipinski definition) is 1. The summed E-state index contributed by atoms with van der Waals surface area (Å²) in [5.41, 5.74) is 4.83. The van der Waals surface area contributed by atoms with E-state index in [4.69, 9.17) is 4.74 Å². The van der Waals surface area contributed by atoms with Crippen LogP contribution in [0.3, 0.4) is 0 Å². The van der Waals surface area contributed by atoms with Crippen molar-refractivity contribution in [3.05, 3.63) is 65.4 Å². The summed E-state index contributed by atoms with van der Waals surface area (Å²) in [7, 11) is 1.63. The molecule has 1 aromatic heterocycles. The van der Waals surface area contributed by atoms with E-state index in [0.29, 0.717) is 18.2 Å². The third-order valence-electron chi connectivity index (χ3n) is 5.45. The second-order valence-electron chi connectivity index (χ2n) is 7.31. The lowest BCUT2D eigenvalue weighted by atomic mass is 10.1. The van der Waals surface area contributed by atoms with Crippen molar-refractivity contribution in [2.45, 2.75) is 26.3 Å². The minimum absolute atomic E-state index is 0.0807. The van der Waals surface area contributed by atoms with Gasteiger partial charge in [0.2, 0.25) is 0 Å². The minimum Gasteiger partial charge on any atom is -0.497 e. The van der Waals surface area contributed by atoms with Crippen LogP contribution in [0.5, 0.6) is 5.75 Å². The second kappa shape index (κ2) is 7.50. The lowest BCUT2D eigenvalue weighted by Gasteiger charge is -2.25. The number of benzene rings is 2. The molecule has 3 aromatic rings. The van der Waals surface area contributed by atoms with Crippen LogP contribution < -0.4 is 15.0 Å². The first kappa shape index (κ1) is 18.3. The summed E-state index contributed by atoms with van der Waals surface area (Å²) in [4.78, 5) is 19.7. The minimum atomic E-state index is -0.0807. The Balaban J connectivity index is 1.45. The molecule has 0 spiro atoms. The Kier molecular flexibility index (Phi) is 4.90. The first-order valence-corrected chi connectivity index (χ1v) is 9.65. The number of anilines is 1. The summed E-state index contributed by atoms with van der Waals surface area (Å²) < 4.78 is 5.25. The van der Waals surface area contributed by atoms with E-state index in [0.717, 1.165) is 35.3 Å². The van der Waals surface area contributed by atoms with Crippen molar-refractivity contribution in [2.75, 3.05) is 25.1 Å². The van der Waals surface area contributed by atoms with E-state index in [1.807, 2.05) is 31.2 Å². The second-order valence-corrected chi connectivity index (χ2v) is 7.31. The molecule has 5 nitrogen and oxygen atoms in total. The molecule has 1 aliphatic heterocycles. The summed E-state index contributed by atoms with van der Waals surface area (Å²) in [6, 6.07) is 16.6. The SMILES string of the molecule is COc1ccc2cc(C(=O)NCCN3c4ccccc4C[C@@H]3C)c(C)nc2c1. The number of carbonyl (C=O) groups is 1. The van der Waals surface area contributed by atoms with Gasteiger partial charge in [0.25, 0.3) is 5.91 Å². The van der Waals surface area contributed by atoms with Crippen molar-refractivity contribution < 1.29 is 9.53 Å². The van der Waals surface area contributed by atoms with E-state index < -0.39 is 0 Å². The maximum Gasteiger partial charge on any atom is 0.253 e. The fraction of sp³-hybridized carbons (Fsp3) is 0.304. The number of methoxy groups -OCH3 is 1. The molecular weight excluding hydrogens is 350 g/mol. The van der Waals surface area contributed by atoms with Gasteiger partial charge in [-0.2, -0.15) is 0 Å². The van der Waals surface area contributed by atoms with Gasteiger partial charge in [-0.05, 0) is 50.1 Å². The number of para-hydroxylation sites is 1. The first-order chi connectivity index (χ1) is 13.6. The van der Waals surface area contributed by atoms with Gasteiger partial charge in [0.15, 0.2) is 0 Å². The summed E-state index contributed by atoms with van der Waals surface area (Å²) in [5, 5.41) is 3.99. The van der Waals surface area contributed by atoms with Crippen LogP contribution in [0.25, 0.3) is 10.9 Å². The zero-order chi connectivity index (χ0) is 19.7. The number of ether oxygens (including phenoxy) is 1. The Labute approximate surface area is 165 Å². The van der Waals surface area contributed by atoms with Gasteiger partial charge in [-0.3, -0.25) is 9.78 Å². The molecule has 0 bridgehead atoms. The predicted molar refractivity (Wildman–Crippen MR) is 112 cm³/mol. The molecule has 1 N–H and O–H groups in total. The molecule has 1 atom stereocenters. The maximum atomic E-state index is 12.7. The average Bonchev–Trinajstić information content (AvgIpc) is 3.02. The highest BCUT2D eigenvalue weighted by Gasteiger charge is 2.25. The van der Waals surface area contributed by atoms with Crippen molar-refractivity contribution in [1.29, 1.82) is 0 Å². The quantitative estimate of drug-likeness (QED) is 0.738. The van der Waals surface area contributed by atoms with E-state index in [-0.39, 0.29) is 5.91 Å². The van der Waals surface area contributed by atoms with Gasteiger partial charge in [-0.1, -0.05) is 18.2 Å². The Bertz CT molecular complexity index is 1030. The van der Waals surface area contributed by atoms with Gasteiger partial charge in [-0.25, -0.2) is 0 Å². The fourth-order valence-corrected chi connectivity index (χ4v) is 3.96. The highest BCUT2D eigenvalue weighted by Crippen LogP contribution is 2.31. The third kappa shape index (κ3) is 3.40. The molecule has 0 saturated carbocycles. The zero-order valence-electron chi connectivity index (χ0n) is 16.5. The Hall–Kier alpha value is -3.08. The maximum absolute atomic E-state index is 12.7. The highest BCUT2D eigenvalue weighted by atomic mass is 16.5. The zero-order valence-corrected chi connectivity index (χ0v) is 16.5. The fourth-order valence-electron chi connectivity index (χ4n) is 3.96. The topological polar surface area (TPSA) is 54.5 Å². The smallest absolute Gasteiger partial charge is 0.253 e. The van der Waals surface area contributed by atoms with E-state index in [1.165, 1.54) is 11.3 Å². The summed E-state index contributed by atoms with van der Waals surface area (Å²) in [6.45, 7) is 5.49. The molecule has 1 aliphatic rings. The van der Waals surface area contributed by atoms with Gasteiger partial charge >= 0.3 is 0 Å². The number of nitrogens with zero attached hydrogens (tertiary/aromatic N) is 2. The largest absolute Gasteiger partial charge is 0.497 e. The van der Waals surface area contributed by atoms with Crippen molar-refractivity contribution in [1.82, 2.24) is 10.3 Å². The molecule has 144 valence electrons. The lowest BCUT2D eigenvalue weighted by Crippen LogP contribution is -2.38. The Morgan fingerprint density at radius 3 is 2.89 bits per heavy atom. The van der Waals surface area contributed by atoms with Crippen molar-refractivity contribution in [3.63, 3.8) is 0 Å². The standard InChI is InChI=1S/C23H25N3O2/c1-15-12-18-6-4-5-7-22(18)26(15)11-10-24-23(27)20-13-17-8-9-19(28-3)14-21(17)25-16(20)2/h4-9,13-15H,10-12H2,1-3H3,(H,24,27)/t15-/m0/s1. The van der Waals surface area contributed by atoms with Crippen LogP contribution in [0.1, 0.15) is 28.5 Å². The Morgan fingerprint density at radius 2 is 2.07 bits per heavy atom. The van der Waals surface area contributed by atoms with Crippen molar-refractivity contribution in [2.24, 2.45) is 0 Å². The summed E-state index contributed by atoms with van der Waals surface area (Å²) in [5.74, 6) is 0.680. The molecule has 2 aromatic carbocycles. The third-order valence-corrected chi connectivity index (χ3v) is 5.45. The molecular formula is C23H25N3O2. The van der Waals surface area contributed by atoms with E-state index in [9.17, 15) is 4.79 Å². The average molecular weight is 375 g/mol. The Morgan fingerprint density at radius 1 is 1.25 bits per heavy atom. The van der Waals surface area contributed by atoms with Crippen LogP contribution in [0, 0.1) is 6.92 Å². The van der Waals surface area contributed by atoms with Crippen LogP contribution in [0.15, 0.2) is 48.5 Å². The first-order valence-electron chi connectivity index (χ1n) is 9.65. The lowest BCUT2D eigenvalue weighted by molar-refractivity contribution is 0.0953. The number of aryl methyl sites for hydroxylation is 1. The van der Waals surface area contributed by atoms with E-state index in [2.05, 4.69) is 46.4 Å². The molecule has 4 rings (SSSR count). The number of fused-ring (bicyclic) bond motifs is 2. The summed E-state index contributed by atoms with van der Waals surface area (Å²) in [6.07, 6.45) is 1.06. The number of aromatic nitrogens is 1. The van der Waals surface area contributed by atoms with Crippen LogP contribution in [0.4, 0.5) is 5.69 Å². The van der Waals surface area contributed by atoms with Gasteiger partial charge in [0, 0.05) is 36.3 Å². The van der Waals surface area contributed by atoms with Gasteiger partial charge < -0.3 is 15.0 Å². The normalized spacial score (nSPS) is 15.5. The molecule has 0 aliphatic carbocycles. The number of hydrogen-bond acceptors (Lipinski definition) is 4. The molecule has 0 fully saturated rings. The van der Waals surface area contributed by atoms with Crippen molar-refractivity contribution in [3.8, 4) is 5.75 Å². The number of amides is 1. The van der Waals surface area contributed by atoms with Gasteiger partial charge in [0.1, 0.15) is 5.75 Å². The van der Waals surface area contributed by atoms with E-state index >= 15 is 0 Å². The number of nitrogens with one attached hydrogen (secondary N) is 1.